The Morgan fingerprint density at radius 1 is 1.19 bits per heavy atom. The van der Waals surface area contributed by atoms with Gasteiger partial charge in [-0.25, -0.2) is 4.98 Å². The summed E-state index contributed by atoms with van der Waals surface area (Å²) in [5.74, 6) is 0.802. The van der Waals surface area contributed by atoms with E-state index in [1.54, 1.807) is 11.3 Å². The molecule has 1 N–H and O–H groups in total. The Morgan fingerprint density at radius 2 is 2.05 bits per heavy atom. The predicted molar refractivity (Wildman–Crippen MR) is 88.2 cm³/mol. The van der Waals surface area contributed by atoms with Crippen LogP contribution in [0.15, 0.2) is 42.5 Å². The molecule has 108 valence electrons. The molecule has 0 spiro atoms. The molecule has 0 saturated carbocycles. The number of ether oxygens (including phenoxy) is 1. The van der Waals surface area contributed by atoms with Gasteiger partial charge in [-0.15, -0.1) is 11.3 Å². The van der Waals surface area contributed by atoms with Crippen molar-refractivity contribution < 1.29 is 4.74 Å². The molecule has 0 radical (unpaired) electrons. The summed E-state index contributed by atoms with van der Waals surface area (Å²) in [4.78, 5) is 4.57. The van der Waals surface area contributed by atoms with Gasteiger partial charge < -0.3 is 10.1 Å². The summed E-state index contributed by atoms with van der Waals surface area (Å²) in [5, 5.41) is 4.79. The number of nitrogens with one attached hydrogen (secondary N) is 1. The summed E-state index contributed by atoms with van der Waals surface area (Å²) in [6.07, 6.45) is 0. The highest BCUT2D eigenvalue weighted by atomic mass is 35.5. The Bertz CT molecular complexity index is 724. The van der Waals surface area contributed by atoms with Crippen LogP contribution in [-0.4, -0.2) is 12.0 Å². The molecule has 3 rings (SSSR count). The SMILES string of the molecule is CNCc1c(Cl)cccc1OCc1nc2ccccc2s1. The van der Waals surface area contributed by atoms with E-state index in [2.05, 4.69) is 16.4 Å². The fraction of sp³-hybridized carbons (Fsp3) is 0.188. The lowest BCUT2D eigenvalue weighted by atomic mass is 10.2. The number of rotatable bonds is 5. The van der Waals surface area contributed by atoms with E-state index in [1.165, 1.54) is 4.70 Å². The second kappa shape index (κ2) is 6.43. The number of thiazole rings is 1. The van der Waals surface area contributed by atoms with Crippen molar-refractivity contribution in [2.24, 2.45) is 0 Å². The average molecular weight is 319 g/mol. The Balaban J connectivity index is 1.79. The first-order valence-corrected chi connectivity index (χ1v) is 7.86. The van der Waals surface area contributed by atoms with E-state index in [0.29, 0.717) is 18.2 Å². The summed E-state index contributed by atoms with van der Waals surface area (Å²) in [6.45, 7) is 1.13. The van der Waals surface area contributed by atoms with Crippen LogP contribution in [0, 0.1) is 0 Å². The second-order valence-corrected chi connectivity index (χ2v) is 6.13. The lowest BCUT2D eigenvalue weighted by molar-refractivity contribution is 0.302. The minimum Gasteiger partial charge on any atom is -0.486 e. The van der Waals surface area contributed by atoms with Crippen LogP contribution in [0.25, 0.3) is 10.2 Å². The molecule has 3 nitrogen and oxygen atoms in total. The maximum atomic E-state index is 6.22. The van der Waals surface area contributed by atoms with E-state index in [-0.39, 0.29) is 0 Å². The van der Waals surface area contributed by atoms with Crippen molar-refractivity contribution in [1.29, 1.82) is 0 Å². The van der Waals surface area contributed by atoms with Gasteiger partial charge in [-0.3, -0.25) is 0 Å². The Kier molecular flexibility index (Phi) is 4.39. The fourth-order valence-corrected chi connectivity index (χ4v) is 3.26. The van der Waals surface area contributed by atoms with Gasteiger partial charge in [0, 0.05) is 17.1 Å². The predicted octanol–water partition coefficient (Wildman–Crippen LogP) is 4.25. The first-order chi connectivity index (χ1) is 10.3. The van der Waals surface area contributed by atoms with Crippen molar-refractivity contribution in [2.45, 2.75) is 13.2 Å². The molecular weight excluding hydrogens is 304 g/mol. The molecule has 0 fully saturated rings. The van der Waals surface area contributed by atoms with E-state index < -0.39 is 0 Å². The molecule has 1 aromatic heterocycles. The third-order valence-corrected chi connectivity index (χ3v) is 4.48. The minimum absolute atomic E-state index is 0.455. The van der Waals surface area contributed by atoms with Gasteiger partial charge in [0.1, 0.15) is 17.4 Å². The van der Waals surface area contributed by atoms with Gasteiger partial charge in [-0.2, -0.15) is 0 Å². The number of aromatic nitrogens is 1. The highest BCUT2D eigenvalue weighted by molar-refractivity contribution is 7.18. The van der Waals surface area contributed by atoms with Crippen molar-refractivity contribution >= 4 is 33.2 Å². The summed E-state index contributed by atoms with van der Waals surface area (Å²) in [7, 11) is 1.89. The van der Waals surface area contributed by atoms with Gasteiger partial charge in [0.2, 0.25) is 0 Å². The molecule has 1 heterocycles. The first kappa shape index (κ1) is 14.3. The summed E-state index contributed by atoms with van der Waals surface area (Å²) in [6, 6.07) is 13.8. The molecule has 5 heteroatoms. The maximum absolute atomic E-state index is 6.22. The normalized spacial score (nSPS) is 11.0. The highest BCUT2D eigenvalue weighted by Gasteiger charge is 2.09. The second-order valence-electron chi connectivity index (χ2n) is 4.61. The van der Waals surface area contributed by atoms with Crippen LogP contribution in [-0.2, 0) is 13.2 Å². The topological polar surface area (TPSA) is 34.1 Å². The van der Waals surface area contributed by atoms with Crippen molar-refractivity contribution in [1.82, 2.24) is 10.3 Å². The lowest BCUT2D eigenvalue weighted by Crippen LogP contribution is -2.08. The van der Waals surface area contributed by atoms with Crippen LogP contribution in [0.4, 0.5) is 0 Å². The Labute approximate surface area is 132 Å². The summed E-state index contributed by atoms with van der Waals surface area (Å²) in [5.41, 5.74) is 1.99. The van der Waals surface area contributed by atoms with E-state index in [0.717, 1.165) is 21.8 Å². The number of benzene rings is 2. The van der Waals surface area contributed by atoms with E-state index in [1.807, 2.05) is 43.4 Å². The first-order valence-electron chi connectivity index (χ1n) is 6.67. The van der Waals surface area contributed by atoms with Crippen LogP contribution >= 0.6 is 22.9 Å². The smallest absolute Gasteiger partial charge is 0.140 e. The van der Waals surface area contributed by atoms with Crippen LogP contribution in [0.3, 0.4) is 0 Å². The molecule has 21 heavy (non-hydrogen) atoms. The molecule has 0 aliphatic heterocycles. The summed E-state index contributed by atoms with van der Waals surface area (Å²) < 4.78 is 7.09. The zero-order valence-electron chi connectivity index (χ0n) is 11.6. The summed E-state index contributed by atoms with van der Waals surface area (Å²) >= 11 is 7.88. The third-order valence-electron chi connectivity index (χ3n) is 3.12. The number of hydrogen-bond acceptors (Lipinski definition) is 4. The van der Waals surface area contributed by atoms with Crippen molar-refractivity contribution in [2.75, 3.05) is 7.05 Å². The Morgan fingerprint density at radius 3 is 2.86 bits per heavy atom. The molecule has 3 aromatic rings. The van der Waals surface area contributed by atoms with Gasteiger partial charge in [0.15, 0.2) is 0 Å². The molecule has 0 saturated heterocycles. The van der Waals surface area contributed by atoms with Gasteiger partial charge in [0.05, 0.1) is 10.2 Å². The monoisotopic (exact) mass is 318 g/mol. The third kappa shape index (κ3) is 3.18. The molecule has 0 amide bonds. The Hall–Kier alpha value is -1.62. The standard InChI is InChI=1S/C16H15ClN2OS/c1-18-9-11-12(17)5-4-7-14(11)20-10-16-19-13-6-2-3-8-15(13)21-16/h2-8,18H,9-10H2,1H3. The minimum atomic E-state index is 0.455. The molecule has 2 aromatic carbocycles. The number of halogens is 1. The molecule has 0 aliphatic carbocycles. The van der Waals surface area contributed by atoms with Crippen molar-refractivity contribution in [3.8, 4) is 5.75 Å². The number of nitrogens with zero attached hydrogens (tertiary/aromatic N) is 1. The number of hydrogen-bond donors (Lipinski definition) is 1. The van der Waals surface area contributed by atoms with Crippen LogP contribution in [0.5, 0.6) is 5.75 Å². The maximum Gasteiger partial charge on any atom is 0.140 e. The fourth-order valence-electron chi connectivity index (χ4n) is 2.14. The zero-order valence-corrected chi connectivity index (χ0v) is 13.2. The van der Waals surface area contributed by atoms with Gasteiger partial charge >= 0.3 is 0 Å². The van der Waals surface area contributed by atoms with Crippen molar-refractivity contribution in [3.63, 3.8) is 0 Å². The van der Waals surface area contributed by atoms with Crippen molar-refractivity contribution in [3.05, 3.63) is 58.1 Å². The van der Waals surface area contributed by atoms with Crippen LogP contribution in [0.1, 0.15) is 10.6 Å². The molecular formula is C16H15ClN2OS. The zero-order chi connectivity index (χ0) is 14.7. The largest absolute Gasteiger partial charge is 0.486 e. The average Bonchev–Trinajstić information content (AvgIpc) is 2.91. The molecule has 0 aliphatic rings. The van der Waals surface area contributed by atoms with Crippen LogP contribution < -0.4 is 10.1 Å². The number of fused-ring (bicyclic) bond motifs is 1. The van der Waals surface area contributed by atoms with Gasteiger partial charge in [-0.05, 0) is 31.3 Å². The van der Waals surface area contributed by atoms with E-state index >= 15 is 0 Å². The van der Waals surface area contributed by atoms with Gasteiger partial charge in [0.25, 0.3) is 0 Å². The molecule has 0 unspecified atom stereocenters. The number of para-hydroxylation sites is 1. The molecule has 0 atom stereocenters. The lowest BCUT2D eigenvalue weighted by Gasteiger charge is -2.11. The molecule has 0 bridgehead atoms. The van der Waals surface area contributed by atoms with Gasteiger partial charge in [-0.1, -0.05) is 29.8 Å². The van der Waals surface area contributed by atoms with E-state index in [9.17, 15) is 0 Å². The quantitative estimate of drug-likeness (QED) is 0.763. The van der Waals surface area contributed by atoms with Crippen LogP contribution in [0.2, 0.25) is 5.02 Å². The van der Waals surface area contributed by atoms with E-state index in [4.69, 9.17) is 16.3 Å². The highest BCUT2D eigenvalue weighted by Crippen LogP contribution is 2.28.